The van der Waals surface area contributed by atoms with Gasteiger partial charge in [-0.1, -0.05) is 31.4 Å². The molecule has 0 unspecified atom stereocenters. The number of carbonyl (C=O) groups is 2. The first-order chi connectivity index (χ1) is 14.7. The number of hydrogen-bond acceptors (Lipinski definition) is 4. The predicted molar refractivity (Wildman–Crippen MR) is 115 cm³/mol. The summed E-state index contributed by atoms with van der Waals surface area (Å²) in [7, 11) is 0. The standard InChI is InChI=1S/C24H28N2O4/c27-23(25-16-17-10-11-21-22(14-17)30-13-5-12-29-21)19-8-4-9-20(15-19)26-24(28)18-6-2-1-3-7-18/h4,8-11,14-15,18H,1-3,5-7,12-13,16H2,(H,25,27)(H,26,28). The molecular formula is C24H28N2O4. The van der Waals surface area contributed by atoms with E-state index in [9.17, 15) is 9.59 Å². The molecular weight excluding hydrogens is 380 g/mol. The third-order valence-electron chi connectivity index (χ3n) is 5.63. The molecule has 0 saturated heterocycles. The summed E-state index contributed by atoms with van der Waals surface area (Å²) >= 11 is 0. The van der Waals surface area contributed by atoms with Gasteiger partial charge in [-0.2, -0.15) is 0 Å². The Labute approximate surface area is 177 Å². The van der Waals surface area contributed by atoms with Crippen molar-refractivity contribution in [3.05, 3.63) is 53.6 Å². The van der Waals surface area contributed by atoms with Gasteiger partial charge in [-0.15, -0.1) is 0 Å². The van der Waals surface area contributed by atoms with E-state index in [1.54, 1.807) is 18.2 Å². The fourth-order valence-corrected chi connectivity index (χ4v) is 3.95. The zero-order valence-electron chi connectivity index (χ0n) is 17.1. The summed E-state index contributed by atoms with van der Waals surface area (Å²) in [4.78, 5) is 25.1. The number of anilines is 1. The van der Waals surface area contributed by atoms with Crippen LogP contribution in [-0.4, -0.2) is 25.0 Å². The van der Waals surface area contributed by atoms with Crippen LogP contribution in [-0.2, 0) is 11.3 Å². The molecule has 1 aliphatic heterocycles. The molecule has 1 heterocycles. The van der Waals surface area contributed by atoms with Crippen molar-refractivity contribution >= 4 is 17.5 Å². The van der Waals surface area contributed by atoms with Gasteiger partial charge in [0.15, 0.2) is 11.5 Å². The first kappa shape index (κ1) is 20.3. The molecule has 0 spiro atoms. The van der Waals surface area contributed by atoms with Gasteiger partial charge >= 0.3 is 0 Å². The minimum Gasteiger partial charge on any atom is -0.490 e. The summed E-state index contributed by atoms with van der Waals surface area (Å²) in [6, 6.07) is 12.8. The largest absolute Gasteiger partial charge is 0.490 e. The molecule has 2 amide bonds. The third-order valence-corrected chi connectivity index (χ3v) is 5.63. The fraction of sp³-hybridized carbons (Fsp3) is 0.417. The highest BCUT2D eigenvalue weighted by Crippen LogP contribution is 2.30. The molecule has 2 aromatic rings. The van der Waals surface area contributed by atoms with Crippen LogP contribution in [0.1, 0.15) is 54.4 Å². The summed E-state index contributed by atoms with van der Waals surface area (Å²) in [5.74, 6) is 1.40. The van der Waals surface area contributed by atoms with E-state index in [0.717, 1.165) is 43.4 Å². The molecule has 0 aromatic heterocycles. The molecule has 30 heavy (non-hydrogen) atoms. The molecule has 2 N–H and O–H groups in total. The van der Waals surface area contributed by atoms with Gasteiger partial charge in [-0.25, -0.2) is 0 Å². The molecule has 0 bridgehead atoms. The first-order valence-electron chi connectivity index (χ1n) is 10.8. The third kappa shape index (κ3) is 5.12. The molecule has 4 rings (SSSR count). The van der Waals surface area contributed by atoms with Gasteiger partial charge in [0, 0.05) is 30.1 Å². The molecule has 2 aliphatic rings. The zero-order valence-corrected chi connectivity index (χ0v) is 17.1. The lowest BCUT2D eigenvalue weighted by molar-refractivity contribution is -0.120. The van der Waals surface area contributed by atoms with Crippen LogP contribution in [0.25, 0.3) is 0 Å². The average Bonchev–Trinajstić information content (AvgIpc) is 3.03. The molecule has 6 nitrogen and oxygen atoms in total. The van der Waals surface area contributed by atoms with Crippen molar-refractivity contribution in [2.24, 2.45) is 5.92 Å². The van der Waals surface area contributed by atoms with Gasteiger partial charge in [-0.3, -0.25) is 9.59 Å². The smallest absolute Gasteiger partial charge is 0.251 e. The van der Waals surface area contributed by atoms with Crippen LogP contribution in [0.3, 0.4) is 0 Å². The van der Waals surface area contributed by atoms with E-state index in [1.807, 2.05) is 24.3 Å². The van der Waals surface area contributed by atoms with Crippen LogP contribution >= 0.6 is 0 Å². The topological polar surface area (TPSA) is 76.7 Å². The van der Waals surface area contributed by atoms with Crippen LogP contribution in [0, 0.1) is 5.92 Å². The average molecular weight is 408 g/mol. The summed E-state index contributed by atoms with van der Waals surface area (Å²) < 4.78 is 11.3. The van der Waals surface area contributed by atoms with E-state index in [2.05, 4.69) is 10.6 Å². The second kappa shape index (κ2) is 9.65. The normalized spacial score (nSPS) is 16.4. The van der Waals surface area contributed by atoms with Gasteiger partial charge < -0.3 is 20.1 Å². The van der Waals surface area contributed by atoms with Crippen molar-refractivity contribution in [2.45, 2.75) is 45.1 Å². The predicted octanol–water partition coefficient (Wildman–Crippen LogP) is 4.30. The number of amides is 2. The van der Waals surface area contributed by atoms with E-state index in [1.165, 1.54) is 6.42 Å². The number of carbonyl (C=O) groups excluding carboxylic acids is 2. The van der Waals surface area contributed by atoms with Gasteiger partial charge in [-0.05, 0) is 48.7 Å². The lowest BCUT2D eigenvalue weighted by Crippen LogP contribution is -2.25. The van der Waals surface area contributed by atoms with Crippen LogP contribution < -0.4 is 20.1 Å². The Morgan fingerprint density at radius 1 is 0.900 bits per heavy atom. The van der Waals surface area contributed by atoms with E-state index < -0.39 is 0 Å². The van der Waals surface area contributed by atoms with Gasteiger partial charge in [0.1, 0.15) is 0 Å². The van der Waals surface area contributed by atoms with Gasteiger partial charge in [0.25, 0.3) is 5.91 Å². The van der Waals surface area contributed by atoms with E-state index >= 15 is 0 Å². The lowest BCUT2D eigenvalue weighted by Gasteiger charge is -2.20. The number of hydrogen-bond donors (Lipinski definition) is 2. The molecule has 1 aliphatic carbocycles. The van der Waals surface area contributed by atoms with Gasteiger partial charge in [0.05, 0.1) is 13.2 Å². The lowest BCUT2D eigenvalue weighted by atomic mass is 9.88. The summed E-state index contributed by atoms with van der Waals surface area (Å²) in [6.45, 7) is 1.66. The van der Waals surface area contributed by atoms with E-state index in [4.69, 9.17) is 9.47 Å². The Balaban J connectivity index is 1.35. The number of fused-ring (bicyclic) bond motifs is 1. The van der Waals surface area contributed by atoms with Crippen molar-refractivity contribution in [2.75, 3.05) is 18.5 Å². The molecule has 158 valence electrons. The van der Waals surface area contributed by atoms with Crippen LogP contribution in [0.15, 0.2) is 42.5 Å². The second-order valence-corrected chi connectivity index (χ2v) is 7.92. The molecule has 6 heteroatoms. The highest BCUT2D eigenvalue weighted by atomic mass is 16.5. The quantitative estimate of drug-likeness (QED) is 0.774. The summed E-state index contributed by atoms with van der Waals surface area (Å²) in [5, 5.41) is 5.90. The van der Waals surface area contributed by atoms with Crippen molar-refractivity contribution in [3.8, 4) is 11.5 Å². The number of rotatable bonds is 5. The summed E-state index contributed by atoms with van der Waals surface area (Å²) in [5.41, 5.74) is 2.12. The monoisotopic (exact) mass is 408 g/mol. The van der Waals surface area contributed by atoms with Crippen molar-refractivity contribution < 1.29 is 19.1 Å². The van der Waals surface area contributed by atoms with Crippen LogP contribution in [0.2, 0.25) is 0 Å². The Hall–Kier alpha value is -3.02. The number of nitrogens with one attached hydrogen (secondary N) is 2. The molecule has 1 fully saturated rings. The van der Waals surface area contributed by atoms with Crippen molar-refractivity contribution in [1.29, 1.82) is 0 Å². The maximum atomic E-state index is 12.6. The minimum absolute atomic E-state index is 0.0551. The number of ether oxygens (including phenoxy) is 2. The van der Waals surface area contributed by atoms with Gasteiger partial charge in [0.2, 0.25) is 5.91 Å². The van der Waals surface area contributed by atoms with Crippen LogP contribution in [0.5, 0.6) is 11.5 Å². The Kier molecular flexibility index (Phi) is 6.52. The highest BCUT2D eigenvalue weighted by molar-refractivity contribution is 5.97. The molecule has 2 aromatic carbocycles. The van der Waals surface area contributed by atoms with E-state index in [-0.39, 0.29) is 17.7 Å². The number of benzene rings is 2. The molecule has 0 radical (unpaired) electrons. The van der Waals surface area contributed by atoms with Crippen molar-refractivity contribution in [1.82, 2.24) is 5.32 Å². The minimum atomic E-state index is -0.184. The van der Waals surface area contributed by atoms with Crippen molar-refractivity contribution in [3.63, 3.8) is 0 Å². The van der Waals surface area contributed by atoms with Crippen LogP contribution in [0.4, 0.5) is 5.69 Å². The molecule has 1 saturated carbocycles. The SMILES string of the molecule is O=C(NCc1ccc2c(c1)OCCCO2)c1cccc(NC(=O)C2CCCCC2)c1. The second-order valence-electron chi connectivity index (χ2n) is 7.92. The Morgan fingerprint density at radius 3 is 2.53 bits per heavy atom. The maximum Gasteiger partial charge on any atom is 0.251 e. The Bertz CT molecular complexity index is 906. The Morgan fingerprint density at radius 2 is 1.70 bits per heavy atom. The fourth-order valence-electron chi connectivity index (χ4n) is 3.95. The first-order valence-corrected chi connectivity index (χ1v) is 10.8. The van der Waals surface area contributed by atoms with E-state index in [0.29, 0.717) is 36.8 Å². The zero-order chi connectivity index (χ0) is 20.8. The highest BCUT2D eigenvalue weighted by Gasteiger charge is 2.21. The summed E-state index contributed by atoms with van der Waals surface area (Å²) in [6.07, 6.45) is 6.18. The molecule has 0 atom stereocenters. The maximum absolute atomic E-state index is 12.6.